The number of hydrogen-bond acceptors (Lipinski definition) is 4. The van der Waals surface area contributed by atoms with Gasteiger partial charge in [0.2, 0.25) is 0 Å². The summed E-state index contributed by atoms with van der Waals surface area (Å²) in [5.74, 6) is 0.885. The summed E-state index contributed by atoms with van der Waals surface area (Å²) in [5.41, 5.74) is 3.05. The number of guanidine groups is 1. The van der Waals surface area contributed by atoms with Gasteiger partial charge in [-0.1, -0.05) is 37.1 Å². The van der Waals surface area contributed by atoms with Gasteiger partial charge in [-0.2, -0.15) is 0 Å². The van der Waals surface area contributed by atoms with E-state index in [1.54, 1.807) is 0 Å². The molecule has 1 aromatic carbocycles. The third-order valence-electron chi connectivity index (χ3n) is 6.95. The molecule has 1 aromatic rings. The van der Waals surface area contributed by atoms with Crippen molar-refractivity contribution in [2.45, 2.75) is 78.2 Å². The fourth-order valence-corrected chi connectivity index (χ4v) is 5.28. The summed E-state index contributed by atoms with van der Waals surface area (Å²) in [6, 6.07) is 8.74. The van der Waals surface area contributed by atoms with E-state index in [1.807, 2.05) is 7.05 Å². The molecule has 32 heavy (non-hydrogen) atoms. The summed E-state index contributed by atoms with van der Waals surface area (Å²) >= 11 is 0. The number of morpholine rings is 1. The van der Waals surface area contributed by atoms with Crippen molar-refractivity contribution >= 4 is 5.96 Å². The van der Waals surface area contributed by atoms with E-state index in [4.69, 9.17) is 9.47 Å². The number of benzene rings is 1. The molecule has 2 aliphatic rings. The van der Waals surface area contributed by atoms with Gasteiger partial charge < -0.3 is 20.1 Å². The minimum atomic E-state index is 0.290. The minimum Gasteiger partial charge on any atom is -0.382 e. The molecule has 3 rings (SSSR count). The normalized spacial score (nSPS) is 23.9. The van der Waals surface area contributed by atoms with Crippen LogP contribution in [0.15, 0.2) is 29.3 Å². The van der Waals surface area contributed by atoms with E-state index in [9.17, 15) is 0 Å². The number of rotatable bonds is 10. The van der Waals surface area contributed by atoms with Gasteiger partial charge in [0.05, 0.1) is 12.2 Å². The average Bonchev–Trinajstić information content (AvgIpc) is 3.23. The van der Waals surface area contributed by atoms with E-state index < -0.39 is 0 Å². The summed E-state index contributed by atoms with van der Waals surface area (Å²) in [4.78, 5) is 7.00. The Labute approximate surface area is 195 Å². The molecule has 0 spiro atoms. The lowest BCUT2D eigenvalue weighted by atomic mass is 9.83. The molecular formula is C26H44N4O2. The molecule has 180 valence electrons. The zero-order chi connectivity index (χ0) is 22.8. The van der Waals surface area contributed by atoms with Crippen LogP contribution in [0.2, 0.25) is 0 Å². The highest BCUT2D eigenvalue weighted by Crippen LogP contribution is 2.40. The van der Waals surface area contributed by atoms with E-state index in [0.717, 1.165) is 58.3 Å². The zero-order valence-electron chi connectivity index (χ0n) is 20.7. The van der Waals surface area contributed by atoms with E-state index >= 15 is 0 Å². The number of ether oxygens (including phenoxy) is 2. The smallest absolute Gasteiger partial charge is 0.191 e. The lowest BCUT2D eigenvalue weighted by Crippen LogP contribution is -2.45. The van der Waals surface area contributed by atoms with Gasteiger partial charge >= 0.3 is 0 Å². The Balaban J connectivity index is 1.53. The predicted molar refractivity (Wildman–Crippen MR) is 132 cm³/mol. The number of aliphatic imine (C=N–C) groups is 1. The van der Waals surface area contributed by atoms with Gasteiger partial charge in [0, 0.05) is 53.0 Å². The highest BCUT2D eigenvalue weighted by Gasteiger charge is 2.33. The Kier molecular flexibility index (Phi) is 9.82. The maximum Gasteiger partial charge on any atom is 0.191 e. The molecule has 1 saturated carbocycles. The summed E-state index contributed by atoms with van der Waals surface area (Å²) in [6.07, 6.45) is 6.92. The van der Waals surface area contributed by atoms with Gasteiger partial charge in [-0.25, -0.2) is 0 Å². The molecule has 1 aliphatic carbocycles. The van der Waals surface area contributed by atoms with Crippen LogP contribution in [0.1, 0.15) is 64.0 Å². The summed E-state index contributed by atoms with van der Waals surface area (Å²) in [6.45, 7) is 12.7. The Morgan fingerprint density at radius 2 is 1.81 bits per heavy atom. The minimum absolute atomic E-state index is 0.290. The van der Waals surface area contributed by atoms with Crippen molar-refractivity contribution in [3.05, 3.63) is 35.4 Å². The first-order valence-corrected chi connectivity index (χ1v) is 12.5. The van der Waals surface area contributed by atoms with Crippen molar-refractivity contribution < 1.29 is 9.47 Å². The van der Waals surface area contributed by atoms with Gasteiger partial charge in [0.25, 0.3) is 0 Å². The lowest BCUT2D eigenvalue weighted by Gasteiger charge is -2.35. The molecule has 2 unspecified atom stereocenters. The number of nitrogens with zero attached hydrogens (tertiary/aromatic N) is 2. The van der Waals surface area contributed by atoms with Crippen molar-refractivity contribution in [3.8, 4) is 0 Å². The SMILES string of the molecule is CCOCCC1(CNC(=NC)NCc2ccccc2CN2CC(C)OC(C)C2)CCCC1. The molecule has 6 heteroatoms. The summed E-state index contributed by atoms with van der Waals surface area (Å²) < 4.78 is 11.6. The molecular weight excluding hydrogens is 400 g/mol. The zero-order valence-corrected chi connectivity index (χ0v) is 20.7. The Morgan fingerprint density at radius 3 is 2.47 bits per heavy atom. The fraction of sp³-hybridized carbons (Fsp3) is 0.731. The Bertz CT molecular complexity index is 708. The molecule has 0 amide bonds. The van der Waals surface area contributed by atoms with Gasteiger partial charge in [-0.15, -0.1) is 0 Å². The molecule has 1 heterocycles. The Hall–Kier alpha value is -1.63. The van der Waals surface area contributed by atoms with Crippen LogP contribution < -0.4 is 10.6 Å². The second-order valence-corrected chi connectivity index (χ2v) is 9.65. The van der Waals surface area contributed by atoms with E-state index in [1.165, 1.54) is 36.8 Å². The van der Waals surface area contributed by atoms with E-state index in [0.29, 0.717) is 5.41 Å². The Morgan fingerprint density at radius 1 is 1.12 bits per heavy atom. The second-order valence-electron chi connectivity index (χ2n) is 9.65. The summed E-state index contributed by atoms with van der Waals surface area (Å²) in [5, 5.41) is 7.17. The fourth-order valence-electron chi connectivity index (χ4n) is 5.28. The maximum absolute atomic E-state index is 5.90. The van der Waals surface area contributed by atoms with Gasteiger partial charge in [-0.05, 0) is 56.6 Å². The molecule has 1 saturated heterocycles. The van der Waals surface area contributed by atoms with Crippen LogP contribution in [0.25, 0.3) is 0 Å². The first-order valence-electron chi connectivity index (χ1n) is 12.5. The second kappa shape index (κ2) is 12.6. The molecule has 1 aliphatic heterocycles. The number of nitrogens with one attached hydrogen (secondary N) is 2. The largest absolute Gasteiger partial charge is 0.382 e. The van der Waals surface area contributed by atoms with Crippen molar-refractivity contribution in [2.75, 3.05) is 39.9 Å². The van der Waals surface area contributed by atoms with Crippen LogP contribution in [0, 0.1) is 5.41 Å². The standard InChI is InChI=1S/C26H44N4O2/c1-5-31-15-14-26(12-8-9-13-26)20-29-25(27-4)28-16-23-10-6-7-11-24(23)19-30-17-21(2)32-22(3)18-30/h6-7,10-11,21-22H,5,8-9,12-20H2,1-4H3,(H2,27,28,29). The monoisotopic (exact) mass is 444 g/mol. The van der Waals surface area contributed by atoms with Crippen molar-refractivity contribution in [3.63, 3.8) is 0 Å². The quantitative estimate of drug-likeness (QED) is 0.325. The predicted octanol–water partition coefficient (Wildman–Crippen LogP) is 3.95. The molecule has 0 bridgehead atoms. The van der Waals surface area contributed by atoms with E-state index in [2.05, 4.69) is 65.6 Å². The first-order chi connectivity index (χ1) is 15.5. The molecule has 2 atom stereocenters. The molecule has 0 aromatic heterocycles. The highest BCUT2D eigenvalue weighted by atomic mass is 16.5. The number of hydrogen-bond donors (Lipinski definition) is 2. The van der Waals surface area contributed by atoms with Crippen LogP contribution in [-0.4, -0.2) is 63.0 Å². The topological polar surface area (TPSA) is 58.1 Å². The van der Waals surface area contributed by atoms with Crippen LogP contribution in [0.3, 0.4) is 0 Å². The maximum atomic E-state index is 5.90. The van der Waals surface area contributed by atoms with Gasteiger partial charge in [-0.3, -0.25) is 9.89 Å². The first kappa shape index (κ1) is 25.0. The van der Waals surface area contributed by atoms with Crippen LogP contribution in [-0.2, 0) is 22.6 Å². The van der Waals surface area contributed by atoms with Gasteiger partial charge in [0.15, 0.2) is 5.96 Å². The van der Waals surface area contributed by atoms with Gasteiger partial charge in [0.1, 0.15) is 0 Å². The van der Waals surface area contributed by atoms with Crippen LogP contribution >= 0.6 is 0 Å². The van der Waals surface area contributed by atoms with E-state index in [-0.39, 0.29) is 12.2 Å². The van der Waals surface area contributed by atoms with Crippen molar-refractivity contribution in [1.29, 1.82) is 0 Å². The van der Waals surface area contributed by atoms with Crippen molar-refractivity contribution in [1.82, 2.24) is 15.5 Å². The lowest BCUT2D eigenvalue weighted by molar-refractivity contribution is -0.0705. The molecule has 6 nitrogen and oxygen atoms in total. The van der Waals surface area contributed by atoms with Crippen LogP contribution in [0.4, 0.5) is 0 Å². The van der Waals surface area contributed by atoms with Crippen molar-refractivity contribution in [2.24, 2.45) is 10.4 Å². The molecule has 2 N–H and O–H groups in total. The summed E-state index contributed by atoms with van der Waals surface area (Å²) in [7, 11) is 1.86. The third kappa shape index (κ3) is 7.46. The molecule has 0 radical (unpaired) electrons. The molecule has 2 fully saturated rings. The third-order valence-corrected chi connectivity index (χ3v) is 6.95. The highest BCUT2D eigenvalue weighted by molar-refractivity contribution is 5.79. The average molecular weight is 445 g/mol. The van der Waals surface area contributed by atoms with Crippen LogP contribution in [0.5, 0.6) is 0 Å².